The Labute approximate surface area is 121 Å². The summed E-state index contributed by atoms with van der Waals surface area (Å²) in [4.78, 5) is 0. The zero-order chi connectivity index (χ0) is 15.3. The molecule has 1 fully saturated rings. The first kappa shape index (κ1) is 14.5. The van der Waals surface area contributed by atoms with Crippen molar-refractivity contribution in [1.29, 1.82) is 0 Å². The second kappa shape index (κ2) is 4.80. The van der Waals surface area contributed by atoms with Crippen molar-refractivity contribution < 1.29 is 27.4 Å². The molecule has 0 bridgehead atoms. The summed E-state index contributed by atoms with van der Waals surface area (Å²) in [5, 5.41) is 0. The normalized spacial score (nSPS) is 25.6. The molecule has 2 aliphatic heterocycles. The highest BCUT2D eigenvalue weighted by Crippen LogP contribution is 2.54. The number of halogens is 3. The Morgan fingerprint density at radius 2 is 2.05 bits per heavy atom. The number of fused-ring (bicyclic) bond motifs is 3. The van der Waals surface area contributed by atoms with Crippen LogP contribution < -0.4 is 9.47 Å². The van der Waals surface area contributed by atoms with Gasteiger partial charge in [0.25, 0.3) is 0 Å². The molecular weight excluding hydrogens is 285 g/mol. The molecule has 2 heterocycles. The molecule has 0 unspecified atom stereocenters. The van der Waals surface area contributed by atoms with E-state index in [-0.39, 0.29) is 30.8 Å². The summed E-state index contributed by atoms with van der Waals surface area (Å²) in [6, 6.07) is 5.29. The maximum atomic E-state index is 12.0. The molecule has 21 heavy (non-hydrogen) atoms. The van der Waals surface area contributed by atoms with Crippen LogP contribution in [0.3, 0.4) is 0 Å². The van der Waals surface area contributed by atoms with Gasteiger partial charge in [0.1, 0.15) is 29.3 Å². The SMILES string of the molecule is CC1(C)Oc2ccc(OCCCC(F)(F)F)cc2[C@@H]2O[C@@H]21. The number of benzene rings is 1. The molecule has 1 aromatic rings. The minimum absolute atomic E-state index is 0.00229. The topological polar surface area (TPSA) is 31.0 Å². The van der Waals surface area contributed by atoms with Crippen LogP contribution in [-0.2, 0) is 4.74 Å². The lowest BCUT2D eigenvalue weighted by Gasteiger charge is -2.29. The van der Waals surface area contributed by atoms with Crippen molar-refractivity contribution in [2.24, 2.45) is 0 Å². The van der Waals surface area contributed by atoms with E-state index in [0.717, 1.165) is 11.3 Å². The Morgan fingerprint density at radius 3 is 2.76 bits per heavy atom. The standard InChI is InChI=1S/C15H17F3O3/c1-14(2)13-12(20-13)10-8-9(4-5-11(10)21-14)19-7-3-6-15(16,17)18/h4-5,8,12-13H,3,6-7H2,1-2H3/t12-,13-/m0/s1. The van der Waals surface area contributed by atoms with Crippen molar-refractivity contribution in [1.82, 2.24) is 0 Å². The van der Waals surface area contributed by atoms with E-state index in [1.54, 1.807) is 18.2 Å². The average Bonchev–Trinajstić information content (AvgIpc) is 3.15. The zero-order valence-corrected chi connectivity index (χ0v) is 11.9. The molecule has 0 saturated carbocycles. The van der Waals surface area contributed by atoms with Gasteiger partial charge in [-0.15, -0.1) is 0 Å². The molecule has 0 N–H and O–H groups in total. The Bertz CT molecular complexity index is 539. The summed E-state index contributed by atoms with van der Waals surface area (Å²) in [6.07, 6.45) is -4.98. The lowest BCUT2D eigenvalue weighted by atomic mass is 9.94. The van der Waals surface area contributed by atoms with Crippen molar-refractivity contribution in [2.45, 2.75) is 50.7 Å². The molecule has 6 heteroatoms. The van der Waals surface area contributed by atoms with Gasteiger partial charge < -0.3 is 14.2 Å². The highest BCUT2D eigenvalue weighted by atomic mass is 19.4. The van der Waals surface area contributed by atoms with E-state index in [1.165, 1.54) is 0 Å². The van der Waals surface area contributed by atoms with Gasteiger partial charge in [0.05, 0.1) is 6.61 Å². The predicted molar refractivity (Wildman–Crippen MR) is 69.5 cm³/mol. The first-order valence-corrected chi connectivity index (χ1v) is 6.94. The number of rotatable bonds is 4. The minimum atomic E-state index is -4.13. The van der Waals surface area contributed by atoms with Crippen LogP contribution in [-0.4, -0.2) is 24.5 Å². The summed E-state index contributed by atoms with van der Waals surface area (Å²) in [7, 11) is 0. The number of ether oxygens (including phenoxy) is 3. The van der Waals surface area contributed by atoms with Gasteiger partial charge in [0.15, 0.2) is 0 Å². The summed E-state index contributed by atoms with van der Waals surface area (Å²) < 4.78 is 53.0. The molecule has 0 radical (unpaired) electrons. The lowest BCUT2D eigenvalue weighted by molar-refractivity contribution is -0.136. The van der Waals surface area contributed by atoms with Crippen molar-refractivity contribution >= 4 is 0 Å². The Morgan fingerprint density at radius 1 is 1.29 bits per heavy atom. The second-order valence-electron chi connectivity index (χ2n) is 5.95. The number of alkyl halides is 3. The molecule has 116 valence electrons. The largest absolute Gasteiger partial charge is 0.494 e. The molecular formula is C15H17F3O3. The van der Waals surface area contributed by atoms with Crippen LogP contribution in [0, 0.1) is 0 Å². The average molecular weight is 302 g/mol. The van der Waals surface area contributed by atoms with Crippen LogP contribution in [0.1, 0.15) is 38.4 Å². The number of epoxide rings is 1. The molecule has 0 spiro atoms. The maximum Gasteiger partial charge on any atom is 0.389 e. The van der Waals surface area contributed by atoms with Gasteiger partial charge in [-0.05, 0) is 38.5 Å². The third-order valence-electron chi connectivity index (χ3n) is 3.71. The quantitative estimate of drug-likeness (QED) is 0.622. The second-order valence-corrected chi connectivity index (χ2v) is 5.95. The number of hydrogen-bond acceptors (Lipinski definition) is 3. The summed E-state index contributed by atoms with van der Waals surface area (Å²) in [5.41, 5.74) is 0.555. The van der Waals surface area contributed by atoms with Gasteiger partial charge in [0.2, 0.25) is 0 Å². The van der Waals surface area contributed by atoms with Crippen molar-refractivity contribution in [3.8, 4) is 11.5 Å². The molecule has 2 atom stereocenters. The van der Waals surface area contributed by atoms with E-state index < -0.39 is 12.6 Å². The third-order valence-corrected chi connectivity index (χ3v) is 3.71. The summed E-state index contributed by atoms with van der Waals surface area (Å²) >= 11 is 0. The van der Waals surface area contributed by atoms with Gasteiger partial charge in [-0.2, -0.15) is 13.2 Å². The van der Waals surface area contributed by atoms with Crippen LogP contribution in [0.5, 0.6) is 11.5 Å². The van der Waals surface area contributed by atoms with E-state index in [1.807, 2.05) is 13.8 Å². The molecule has 0 amide bonds. The molecule has 1 aromatic carbocycles. The molecule has 2 aliphatic rings. The van der Waals surface area contributed by atoms with Crippen molar-refractivity contribution in [2.75, 3.05) is 6.61 Å². The van der Waals surface area contributed by atoms with Crippen molar-refractivity contribution in [3.63, 3.8) is 0 Å². The van der Waals surface area contributed by atoms with Crippen LogP contribution in [0.25, 0.3) is 0 Å². The van der Waals surface area contributed by atoms with Crippen LogP contribution >= 0.6 is 0 Å². The summed E-state index contributed by atoms with van der Waals surface area (Å²) in [5.74, 6) is 1.30. The van der Waals surface area contributed by atoms with E-state index in [9.17, 15) is 13.2 Å². The van der Waals surface area contributed by atoms with Crippen LogP contribution in [0.4, 0.5) is 13.2 Å². The fourth-order valence-electron chi connectivity index (χ4n) is 2.61. The minimum Gasteiger partial charge on any atom is -0.494 e. The fourth-order valence-corrected chi connectivity index (χ4v) is 2.61. The highest BCUT2D eigenvalue weighted by molar-refractivity contribution is 5.46. The van der Waals surface area contributed by atoms with Gasteiger partial charge >= 0.3 is 6.18 Å². The van der Waals surface area contributed by atoms with Gasteiger partial charge in [-0.3, -0.25) is 0 Å². The van der Waals surface area contributed by atoms with E-state index in [4.69, 9.17) is 14.2 Å². The van der Waals surface area contributed by atoms with Gasteiger partial charge in [0, 0.05) is 12.0 Å². The fraction of sp³-hybridized carbons (Fsp3) is 0.600. The molecule has 3 nitrogen and oxygen atoms in total. The van der Waals surface area contributed by atoms with Gasteiger partial charge in [-0.1, -0.05) is 0 Å². The van der Waals surface area contributed by atoms with Crippen molar-refractivity contribution in [3.05, 3.63) is 23.8 Å². The van der Waals surface area contributed by atoms with Crippen LogP contribution in [0.15, 0.2) is 18.2 Å². The van der Waals surface area contributed by atoms with Crippen LogP contribution in [0.2, 0.25) is 0 Å². The van der Waals surface area contributed by atoms with E-state index >= 15 is 0 Å². The first-order valence-electron chi connectivity index (χ1n) is 6.94. The van der Waals surface area contributed by atoms with E-state index in [0.29, 0.717) is 5.75 Å². The molecule has 0 aliphatic carbocycles. The monoisotopic (exact) mass is 302 g/mol. The highest BCUT2D eigenvalue weighted by Gasteiger charge is 2.56. The Hall–Kier alpha value is -1.43. The maximum absolute atomic E-state index is 12.0. The zero-order valence-electron chi connectivity index (χ0n) is 11.9. The smallest absolute Gasteiger partial charge is 0.389 e. The third kappa shape index (κ3) is 3.10. The van der Waals surface area contributed by atoms with Gasteiger partial charge in [-0.25, -0.2) is 0 Å². The molecule has 0 aromatic heterocycles. The number of hydrogen-bond donors (Lipinski definition) is 0. The Kier molecular flexibility index (Phi) is 3.31. The van der Waals surface area contributed by atoms with E-state index in [2.05, 4.69) is 0 Å². The molecule has 3 rings (SSSR count). The first-order chi connectivity index (χ1) is 9.76. The Balaban J connectivity index is 1.61. The summed E-state index contributed by atoms with van der Waals surface area (Å²) in [6.45, 7) is 3.99. The predicted octanol–water partition coefficient (Wildman–Crippen LogP) is 4.02. The lowest BCUT2D eigenvalue weighted by Crippen LogP contribution is -2.37. The molecule has 1 saturated heterocycles.